The van der Waals surface area contributed by atoms with Crippen molar-refractivity contribution in [2.24, 2.45) is 0 Å². The zero-order chi connectivity index (χ0) is 16.3. The van der Waals surface area contributed by atoms with Gasteiger partial charge in [0.2, 0.25) is 0 Å². The minimum Gasteiger partial charge on any atom is -0.481 e. The van der Waals surface area contributed by atoms with Gasteiger partial charge in [-0.25, -0.2) is 8.42 Å². The third kappa shape index (κ3) is 3.48. The van der Waals surface area contributed by atoms with Gasteiger partial charge < -0.3 is 5.11 Å². The average Bonchev–Trinajstić information content (AvgIpc) is 2.88. The number of thiophene rings is 1. The van der Waals surface area contributed by atoms with E-state index in [0.29, 0.717) is 5.69 Å². The predicted octanol–water partition coefficient (Wildman–Crippen LogP) is 3.03. The number of carbonyl (C=O) groups is 1. The fourth-order valence-corrected chi connectivity index (χ4v) is 5.00. The Morgan fingerprint density at radius 1 is 1.18 bits per heavy atom. The van der Waals surface area contributed by atoms with Crippen LogP contribution in [0.3, 0.4) is 0 Å². The molecular formula is C15H17NO4S2. The Labute approximate surface area is 133 Å². The molecule has 7 heteroatoms. The highest BCUT2D eigenvalue weighted by molar-refractivity contribution is 7.94. The van der Waals surface area contributed by atoms with Crippen LogP contribution >= 0.6 is 11.3 Å². The number of sulfonamides is 1. The number of aryl methyl sites for hydroxylation is 2. The molecule has 2 aromatic rings. The second kappa shape index (κ2) is 6.50. The highest BCUT2D eigenvalue weighted by Crippen LogP contribution is 2.30. The van der Waals surface area contributed by atoms with Gasteiger partial charge in [0.15, 0.2) is 0 Å². The topological polar surface area (TPSA) is 74.7 Å². The Morgan fingerprint density at radius 2 is 1.86 bits per heavy atom. The molecule has 1 aromatic carbocycles. The van der Waals surface area contributed by atoms with Crippen molar-refractivity contribution in [3.05, 3.63) is 46.8 Å². The van der Waals surface area contributed by atoms with Crippen LogP contribution < -0.4 is 4.31 Å². The molecule has 0 unspecified atom stereocenters. The van der Waals surface area contributed by atoms with Crippen molar-refractivity contribution in [1.82, 2.24) is 0 Å². The van der Waals surface area contributed by atoms with Crippen LogP contribution in [0.4, 0.5) is 5.69 Å². The Kier molecular flexibility index (Phi) is 4.87. The van der Waals surface area contributed by atoms with E-state index in [1.54, 1.807) is 37.3 Å². The molecule has 0 saturated heterocycles. The van der Waals surface area contributed by atoms with Crippen molar-refractivity contribution in [2.75, 3.05) is 10.8 Å². The lowest BCUT2D eigenvalue weighted by Gasteiger charge is -2.24. The lowest BCUT2D eigenvalue weighted by molar-refractivity contribution is -0.136. The number of hydrogen-bond acceptors (Lipinski definition) is 4. The first-order valence-corrected chi connectivity index (χ1v) is 8.94. The Hall–Kier alpha value is -1.86. The normalized spacial score (nSPS) is 11.4. The first kappa shape index (κ1) is 16.5. The molecule has 1 heterocycles. The van der Waals surface area contributed by atoms with Gasteiger partial charge in [0.05, 0.1) is 12.1 Å². The molecule has 0 aliphatic rings. The van der Waals surface area contributed by atoms with Crippen molar-refractivity contribution in [2.45, 2.75) is 24.5 Å². The molecular weight excluding hydrogens is 322 g/mol. The number of rotatable bonds is 6. The van der Waals surface area contributed by atoms with Crippen LogP contribution in [0.15, 0.2) is 40.6 Å². The summed E-state index contributed by atoms with van der Waals surface area (Å²) in [5.74, 6) is -1.03. The summed E-state index contributed by atoms with van der Waals surface area (Å²) in [7, 11) is -3.76. The van der Waals surface area contributed by atoms with Gasteiger partial charge in [-0.05, 0) is 37.6 Å². The van der Waals surface area contributed by atoms with Gasteiger partial charge in [-0.15, -0.1) is 11.3 Å². The smallest absolute Gasteiger partial charge is 0.305 e. The van der Waals surface area contributed by atoms with E-state index in [1.165, 1.54) is 15.6 Å². The number of para-hydroxylation sites is 1. The number of carboxylic acid groups (broad SMARTS) is 1. The van der Waals surface area contributed by atoms with E-state index in [2.05, 4.69) is 0 Å². The first-order valence-electron chi connectivity index (χ1n) is 6.69. The molecule has 0 bridgehead atoms. The van der Waals surface area contributed by atoms with E-state index in [0.717, 1.165) is 10.4 Å². The fourth-order valence-electron chi connectivity index (χ4n) is 2.07. The predicted molar refractivity (Wildman–Crippen MR) is 87.0 cm³/mol. The van der Waals surface area contributed by atoms with Crippen LogP contribution in [0.5, 0.6) is 0 Å². The molecule has 0 amide bonds. The summed E-state index contributed by atoms with van der Waals surface area (Å²) in [5, 5.41) is 8.90. The second-order valence-electron chi connectivity index (χ2n) is 4.87. The molecule has 0 aliphatic carbocycles. The lowest BCUT2D eigenvalue weighted by Crippen LogP contribution is -2.33. The minimum atomic E-state index is -3.76. The van der Waals surface area contributed by atoms with Crippen LogP contribution in [0.2, 0.25) is 0 Å². The van der Waals surface area contributed by atoms with Gasteiger partial charge in [-0.3, -0.25) is 9.10 Å². The van der Waals surface area contributed by atoms with Gasteiger partial charge in [0, 0.05) is 11.4 Å². The monoisotopic (exact) mass is 339 g/mol. The largest absolute Gasteiger partial charge is 0.481 e. The molecule has 0 aliphatic heterocycles. The zero-order valence-corrected chi connectivity index (χ0v) is 13.9. The third-order valence-corrected chi connectivity index (χ3v) is 6.45. The van der Waals surface area contributed by atoms with Crippen LogP contribution in [-0.4, -0.2) is 26.0 Å². The second-order valence-corrected chi connectivity index (χ2v) is 8.25. The molecule has 0 spiro atoms. The Bertz CT molecular complexity index is 780. The van der Waals surface area contributed by atoms with Gasteiger partial charge in [0.1, 0.15) is 4.21 Å². The number of benzene rings is 1. The van der Waals surface area contributed by atoms with Crippen molar-refractivity contribution in [1.29, 1.82) is 0 Å². The minimum absolute atomic E-state index is 0.0978. The fraction of sp³-hybridized carbons (Fsp3) is 0.267. The van der Waals surface area contributed by atoms with Crippen LogP contribution in [-0.2, 0) is 14.8 Å². The number of hydrogen-bond donors (Lipinski definition) is 1. The van der Waals surface area contributed by atoms with Gasteiger partial charge >= 0.3 is 5.97 Å². The summed E-state index contributed by atoms with van der Waals surface area (Å²) in [5.41, 5.74) is 1.29. The van der Waals surface area contributed by atoms with Crippen LogP contribution in [0.1, 0.15) is 16.9 Å². The number of anilines is 1. The summed E-state index contributed by atoms with van der Waals surface area (Å²) in [4.78, 5) is 11.8. The van der Waals surface area contributed by atoms with E-state index in [-0.39, 0.29) is 17.2 Å². The molecule has 2 rings (SSSR count). The molecule has 0 fully saturated rings. The summed E-state index contributed by atoms with van der Waals surface area (Å²) in [6, 6.07) is 10.3. The molecule has 5 nitrogen and oxygen atoms in total. The van der Waals surface area contributed by atoms with E-state index in [1.807, 2.05) is 13.0 Å². The zero-order valence-electron chi connectivity index (χ0n) is 12.3. The summed E-state index contributed by atoms with van der Waals surface area (Å²) >= 11 is 1.18. The highest BCUT2D eigenvalue weighted by atomic mass is 32.2. The van der Waals surface area contributed by atoms with Crippen molar-refractivity contribution >= 4 is 33.0 Å². The molecule has 1 N–H and O–H groups in total. The number of carboxylic acids is 1. The Morgan fingerprint density at radius 3 is 2.41 bits per heavy atom. The summed E-state index contributed by atoms with van der Waals surface area (Å²) in [6.45, 7) is 3.54. The highest BCUT2D eigenvalue weighted by Gasteiger charge is 2.27. The number of nitrogens with zero attached hydrogens (tertiary/aromatic N) is 1. The molecule has 0 radical (unpaired) electrons. The quantitative estimate of drug-likeness (QED) is 0.878. The summed E-state index contributed by atoms with van der Waals surface area (Å²) < 4.78 is 27.1. The molecule has 0 atom stereocenters. The lowest BCUT2D eigenvalue weighted by atomic mass is 10.2. The van der Waals surface area contributed by atoms with Crippen molar-refractivity contribution in [3.63, 3.8) is 0 Å². The van der Waals surface area contributed by atoms with E-state index in [4.69, 9.17) is 5.11 Å². The molecule has 0 saturated carbocycles. The van der Waals surface area contributed by atoms with Crippen molar-refractivity contribution in [3.8, 4) is 0 Å². The standard InChI is InChI=1S/C15H17NO4S2/c1-11-5-3-4-6-13(11)16(10-9-14(17)18)22(19,20)15-8-7-12(2)21-15/h3-8H,9-10H2,1-2H3,(H,17,18). The van der Waals surface area contributed by atoms with E-state index in [9.17, 15) is 13.2 Å². The maximum absolute atomic E-state index is 12.9. The van der Waals surface area contributed by atoms with Crippen LogP contribution in [0, 0.1) is 13.8 Å². The summed E-state index contributed by atoms with van der Waals surface area (Å²) in [6.07, 6.45) is -0.252. The van der Waals surface area contributed by atoms with E-state index >= 15 is 0 Å². The molecule has 118 valence electrons. The van der Waals surface area contributed by atoms with E-state index < -0.39 is 16.0 Å². The van der Waals surface area contributed by atoms with Gasteiger partial charge in [0.25, 0.3) is 10.0 Å². The van der Waals surface area contributed by atoms with Gasteiger partial charge in [-0.2, -0.15) is 0 Å². The maximum Gasteiger partial charge on any atom is 0.305 e. The third-order valence-electron chi connectivity index (χ3n) is 3.17. The van der Waals surface area contributed by atoms with Gasteiger partial charge in [-0.1, -0.05) is 18.2 Å². The molecule has 1 aromatic heterocycles. The van der Waals surface area contributed by atoms with Crippen molar-refractivity contribution < 1.29 is 18.3 Å². The Balaban J connectivity index is 2.48. The molecule has 22 heavy (non-hydrogen) atoms. The average molecular weight is 339 g/mol. The first-order chi connectivity index (χ1) is 10.3. The SMILES string of the molecule is Cc1ccc(S(=O)(=O)N(CCC(=O)O)c2ccccc2C)s1. The maximum atomic E-state index is 12.9. The van der Waals surface area contributed by atoms with Crippen LogP contribution in [0.25, 0.3) is 0 Å². The number of aliphatic carboxylic acids is 1.